The fourth-order valence-corrected chi connectivity index (χ4v) is 3.57. The molecule has 9 heteroatoms. The van der Waals surface area contributed by atoms with E-state index < -0.39 is 17.1 Å². The SMILES string of the molecule is O=c1n(CCOc2ccccc2)c(=O)n(CCOc2ccccc2)c(=O)n1CCOc1ccccc1. The third-order valence-corrected chi connectivity index (χ3v) is 5.37. The lowest BCUT2D eigenvalue weighted by molar-refractivity contribution is 0.258. The highest BCUT2D eigenvalue weighted by atomic mass is 16.5. The van der Waals surface area contributed by atoms with Crippen molar-refractivity contribution in [3.8, 4) is 17.2 Å². The maximum absolute atomic E-state index is 13.1. The maximum atomic E-state index is 13.1. The zero-order valence-electron chi connectivity index (χ0n) is 19.7. The molecule has 0 aliphatic rings. The fraction of sp³-hybridized carbons (Fsp3) is 0.222. The van der Waals surface area contributed by atoms with Crippen LogP contribution in [0.15, 0.2) is 105 Å². The normalized spacial score (nSPS) is 10.7. The van der Waals surface area contributed by atoms with Crippen molar-refractivity contribution >= 4 is 0 Å². The summed E-state index contributed by atoms with van der Waals surface area (Å²) in [5.41, 5.74) is -2.13. The summed E-state index contributed by atoms with van der Waals surface area (Å²) in [5.74, 6) is 1.85. The molecule has 0 N–H and O–H groups in total. The minimum atomic E-state index is -0.710. The number of nitrogens with zero attached hydrogens (tertiary/aromatic N) is 3. The molecule has 9 nitrogen and oxygen atoms in total. The third kappa shape index (κ3) is 6.32. The summed E-state index contributed by atoms with van der Waals surface area (Å²) in [4.78, 5) is 39.3. The fourth-order valence-electron chi connectivity index (χ4n) is 3.57. The molecule has 1 aromatic heterocycles. The standard InChI is InChI=1S/C27H27N3O6/c31-25-28(16-19-34-22-10-4-1-5-11-22)26(32)30(18-21-36-24-14-8-3-9-15-24)27(33)29(25)17-20-35-23-12-6-2-7-13-23/h1-15H,16-21H2. The molecular formula is C27H27N3O6. The predicted molar refractivity (Wildman–Crippen MR) is 135 cm³/mol. The zero-order valence-corrected chi connectivity index (χ0v) is 19.7. The molecule has 0 saturated carbocycles. The van der Waals surface area contributed by atoms with Crippen LogP contribution in [0.3, 0.4) is 0 Å². The van der Waals surface area contributed by atoms with Crippen molar-refractivity contribution in [1.29, 1.82) is 0 Å². The average Bonchev–Trinajstić information content (AvgIpc) is 2.92. The van der Waals surface area contributed by atoms with E-state index in [1.165, 1.54) is 0 Å². The molecule has 0 saturated heterocycles. The Kier molecular flexibility index (Phi) is 8.37. The lowest BCUT2D eigenvalue weighted by Gasteiger charge is -2.15. The van der Waals surface area contributed by atoms with E-state index in [2.05, 4.69) is 0 Å². The molecule has 0 atom stereocenters. The summed E-state index contributed by atoms with van der Waals surface area (Å²) in [7, 11) is 0. The summed E-state index contributed by atoms with van der Waals surface area (Å²) < 4.78 is 20.0. The first kappa shape index (κ1) is 24.6. The lowest BCUT2D eigenvalue weighted by Crippen LogP contribution is -2.55. The Bertz CT molecular complexity index is 1210. The van der Waals surface area contributed by atoms with Gasteiger partial charge in [-0.2, -0.15) is 0 Å². The number of hydrogen-bond donors (Lipinski definition) is 0. The average molecular weight is 490 g/mol. The van der Waals surface area contributed by atoms with Gasteiger partial charge in [0.1, 0.15) is 37.1 Å². The molecule has 0 spiro atoms. The number of para-hydroxylation sites is 3. The van der Waals surface area contributed by atoms with Gasteiger partial charge >= 0.3 is 17.1 Å². The summed E-state index contributed by atoms with van der Waals surface area (Å²) >= 11 is 0. The molecule has 4 aromatic rings. The van der Waals surface area contributed by atoms with Crippen molar-refractivity contribution in [3.63, 3.8) is 0 Å². The summed E-state index contributed by atoms with van der Waals surface area (Å²) in [6.07, 6.45) is 0. The molecule has 0 bridgehead atoms. The van der Waals surface area contributed by atoms with Crippen LogP contribution in [0, 0.1) is 0 Å². The first-order valence-corrected chi connectivity index (χ1v) is 11.6. The summed E-state index contributed by atoms with van der Waals surface area (Å²) in [5, 5.41) is 0. The molecule has 0 amide bonds. The van der Waals surface area contributed by atoms with E-state index in [9.17, 15) is 14.4 Å². The van der Waals surface area contributed by atoms with Crippen LogP contribution in [0.5, 0.6) is 17.2 Å². The molecule has 0 aliphatic heterocycles. The van der Waals surface area contributed by atoms with Crippen molar-refractivity contribution in [3.05, 3.63) is 122 Å². The van der Waals surface area contributed by atoms with Crippen molar-refractivity contribution in [2.24, 2.45) is 0 Å². The molecule has 4 rings (SSSR count). The van der Waals surface area contributed by atoms with Gasteiger partial charge in [0.2, 0.25) is 0 Å². The van der Waals surface area contributed by atoms with Crippen LogP contribution in [0.2, 0.25) is 0 Å². The Hall–Kier alpha value is -4.53. The second kappa shape index (κ2) is 12.3. The number of hydrogen-bond acceptors (Lipinski definition) is 6. The topological polar surface area (TPSA) is 93.7 Å². The minimum absolute atomic E-state index is 0.0219. The monoisotopic (exact) mass is 489 g/mol. The van der Waals surface area contributed by atoms with Crippen LogP contribution in [0.1, 0.15) is 0 Å². The van der Waals surface area contributed by atoms with Crippen molar-refractivity contribution < 1.29 is 14.2 Å². The Morgan fingerprint density at radius 3 is 0.917 bits per heavy atom. The Labute approximate surface area is 207 Å². The molecule has 1 heterocycles. The quantitative estimate of drug-likeness (QED) is 0.303. The van der Waals surface area contributed by atoms with Gasteiger partial charge in [-0.15, -0.1) is 0 Å². The molecule has 36 heavy (non-hydrogen) atoms. The Morgan fingerprint density at radius 1 is 0.417 bits per heavy atom. The third-order valence-electron chi connectivity index (χ3n) is 5.37. The van der Waals surface area contributed by atoms with E-state index in [0.29, 0.717) is 17.2 Å². The van der Waals surface area contributed by atoms with Crippen LogP contribution in [0.25, 0.3) is 0 Å². The second-order valence-electron chi connectivity index (χ2n) is 7.79. The first-order chi connectivity index (χ1) is 17.6. The van der Waals surface area contributed by atoms with Crippen LogP contribution in [0.4, 0.5) is 0 Å². The second-order valence-corrected chi connectivity index (χ2v) is 7.79. The van der Waals surface area contributed by atoms with Gasteiger partial charge < -0.3 is 14.2 Å². The van der Waals surface area contributed by atoms with E-state index in [1.54, 1.807) is 36.4 Å². The highest BCUT2D eigenvalue weighted by molar-refractivity contribution is 5.22. The minimum Gasteiger partial charge on any atom is -0.492 e. The van der Waals surface area contributed by atoms with Gasteiger partial charge in [0.15, 0.2) is 0 Å². The highest BCUT2D eigenvalue weighted by Gasteiger charge is 2.16. The maximum Gasteiger partial charge on any atom is 0.336 e. The highest BCUT2D eigenvalue weighted by Crippen LogP contribution is 2.09. The van der Waals surface area contributed by atoms with E-state index in [1.807, 2.05) is 54.6 Å². The van der Waals surface area contributed by atoms with Crippen molar-refractivity contribution in [2.75, 3.05) is 19.8 Å². The van der Waals surface area contributed by atoms with Gasteiger partial charge in [-0.1, -0.05) is 54.6 Å². The molecule has 0 unspecified atom stereocenters. The van der Waals surface area contributed by atoms with E-state index >= 15 is 0 Å². The number of benzene rings is 3. The number of rotatable bonds is 12. The van der Waals surface area contributed by atoms with E-state index in [0.717, 1.165) is 13.7 Å². The van der Waals surface area contributed by atoms with Gasteiger partial charge in [-0.3, -0.25) is 0 Å². The Morgan fingerprint density at radius 2 is 0.667 bits per heavy atom. The molecule has 186 valence electrons. The molecule has 0 aliphatic carbocycles. The predicted octanol–water partition coefficient (Wildman–Crippen LogP) is 2.41. The van der Waals surface area contributed by atoms with Crippen LogP contribution in [-0.4, -0.2) is 33.5 Å². The van der Waals surface area contributed by atoms with Gasteiger partial charge in [0.25, 0.3) is 0 Å². The van der Waals surface area contributed by atoms with Gasteiger partial charge in [-0.25, -0.2) is 28.1 Å². The molecule has 0 radical (unpaired) electrons. The number of aromatic nitrogens is 3. The van der Waals surface area contributed by atoms with Crippen molar-refractivity contribution in [2.45, 2.75) is 19.6 Å². The van der Waals surface area contributed by atoms with E-state index in [4.69, 9.17) is 14.2 Å². The van der Waals surface area contributed by atoms with Gasteiger partial charge in [0, 0.05) is 0 Å². The van der Waals surface area contributed by atoms with Crippen LogP contribution >= 0.6 is 0 Å². The van der Waals surface area contributed by atoms with Gasteiger partial charge in [-0.05, 0) is 36.4 Å². The largest absolute Gasteiger partial charge is 0.492 e. The molecule has 0 fully saturated rings. The van der Waals surface area contributed by atoms with Crippen LogP contribution < -0.4 is 31.3 Å². The van der Waals surface area contributed by atoms with E-state index in [-0.39, 0.29) is 39.5 Å². The summed E-state index contributed by atoms with van der Waals surface area (Å²) in [6, 6.07) is 27.2. The first-order valence-electron chi connectivity index (χ1n) is 11.6. The van der Waals surface area contributed by atoms with Gasteiger partial charge in [0.05, 0.1) is 19.6 Å². The smallest absolute Gasteiger partial charge is 0.336 e. The zero-order chi connectivity index (χ0) is 25.2. The summed E-state index contributed by atoms with van der Waals surface area (Å²) in [6.45, 7) is 0.180. The van der Waals surface area contributed by atoms with Crippen molar-refractivity contribution in [1.82, 2.24) is 13.7 Å². The lowest BCUT2D eigenvalue weighted by atomic mass is 10.3. The van der Waals surface area contributed by atoms with Crippen LogP contribution in [-0.2, 0) is 19.6 Å². The molecular weight excluding hydrogens is 462 g/mol. The number of ether oxygens (including phenoxy) is 3. The Balaban J connectivity index is 1.54. The molecule has 3 aromatic carbocycles.